The molecule has 0 unspecified atom stereocenters. The molecule has 0 bridgehead atoms. The van der Waals surface area contributed by atoms with Gasteiger partial charge in [0.1, 0.15) is 0 Å². The van der Waals surface area contributed by atoms with Crippen LogP contribution in [0.2, 0.25) is 0 Å². The summed E-state index contributed by atoms with van der Waals surface area (Å²) in [4.78, 5) is 0. The minimum Gasteiger partial charge on any atom is -0.490 e. The predicted octanol–water partition coefficient (Wildman–Crippen LogP) is 4.57. The molecule has 0 heterocycles. The average molecular weight is 353 g/mol. The van der Waals surface area contributed by atoms with Crippen molar-refractivity contribution in [3.05, 3.63) is 52.3 Å². The van der Waals surface area contributed by atoms with E-state index in [2.05, 4.69) is 21.2 Å². The summed E-state index contributed by atoms with van der Waals surface area (Å²) in [5.41, 5.74) is 7.99. The average Bonchev–Trinajstić information content (AvgIpc) is 2.47. The van der Waals surface area contributed by atoms with Gasteiger partial charge in [-0.3, -0.25) is 0 Å². The van der Waals surface area contributed by atoms with Gasteiger partial charge in [0.25, 0.3) is 0 Å². The summed E-state index contributed by atoms with van der Waals surface area (Å²) >= 11 is 3.40. The van der Waals surface area contributed by atoms with Crippen molar-refractivity contribution in [1.82, 2.24) is 0 Å². The lowest BCUT2D eigenvalue weighted by Gasteiger charge is -2.13. The number of ether oxygens (including phenoxy) is 1. The molecule has 0 aromatic heterocycles. The summed E-state index contributed by atoms with van der Waals surface area (Å²) in [7, 11) is 0. The normalized spacial score (nSPS) is 10.4. The highest BCUT2D eigenvalue weighted by Gasteiger charge is 2.09. The Morgan fingerprint density at radius 1 is 1.24 bits per heavy atom. The van der Waals surface area contributed by atoms with Crippen LogP contribution >= 0.6 is 15.9 Å². The lowest BCUT2D eigenvalue weighted by atomic mass is 10.2. The van der Waals surface area contributed by atoms with Gasteiger partial charge >= 0.3 is 0 Å². The monoisotopic (exact) mass is 352 g/mol. The molecule has 0 saturated heterocycles. The van der Waals surface area contributed by atoms with Crippen LogP contribution in [0.4, 0.5) is 15.8 Å². The maximum Gasteiger partial charge on any atom is 0.167 e. The molecule has 0 radical (unpaired) electrons. The maximum absolute atomic E-state index is 13.7. The molecule has 5 heteroatoms. The van der Waals surface area contributed by atoms with Crippen molar-refractivity contribution in [3.63, 3.8) is 0 Å². The van der Waals surface area contributed by atoms with Gasteiger partial charge in [0.15, 0.2) is 11.6 Å². The maximum atomic E-state index is 13.7. The van der Waals surface area contributed by atoms with Crippen LogP contribution in [-0.2, 0) is 6.54 Å². The highest BCUT2D eigenvalue weighted by atomic mass is 79.9. The van der Waals surface area contributed by atoms with E-state index in [-0.39, 0.29) is 5.75 Å². The van der Waals surface area contributed by atoms with Crippen LogP contribution < -0.4 is 15.8 Å². The molecule has 112 valence electrons. The van der Waals surface area contributed by atoms with Gasteiger partial charge in [0.2, 0.25) is 0 Å². The molecule has 0 spiro atoms. The van der Waals surface area contributed by atoms with E-state index < -0.39 is 5.82 Å². The van der Waals surface area contributed by atoms with E-state index in [1.54, 1.807) is 6.07 Å². The van der Waals surface area contributed by atoms with Gasteiger partial charge in [0.05, 0.1) is 18.0 Å². The number of hydrogen-bond donors (Lipinski definition) is 2. The van der Waals surface area contributed by atoms with Crippen molar-refractivity contribution in [2.24, 2.45) is 0 Å². The number of nitrogens with two attached hydrogens (primary N) is 1. The second kappa shape index (κ2) is 7.31. The van der Waals surface area contributed by atoms with Gasteiger partial charge in [-0.2, -0.15) is 0 Å². The zero-order valence-electron chi connectivity index (χ0n) is 11.8. The van der Waals surface area contributed by atoms with Crippen molar-refractivity contribution in [2.45, 2.75) is 19.9 Å². The van der Waals surface area contributed by atoms with Gasteiger partial charge in [0, 0.05) is 23.2 Å². The van der Waals surface area contributed by atoms with E-state index in [4.69, 9.17) is 10.5 Å². The number of benzene rings is 2. The Kier molecular flexibility index (Phi) is 5.44. The molecule has 2 aromatic rings. The first-order valence-corrected chi connectivity index (χ1v) is 7.59. The van der Waals surface area contributed by atoms with Gasteiger partial charge in [-0.1, -0.05) is 35.0 Å². The third-order valence-corrected chi connectivity index (χ3v) is 3.49. The quantitative estimate of drug-likeness (QED) is 0.748. The fraction of sp³-hybridized carbons (Fsp3) is 0.250. The van der Waals surface area contributed by atoms with Crippen molar-refractivity contribution in [3.8, 4) is 5.75 Å². The summed E-state index contributed by atoms with van der Waals surface area (Å²) < 4.78 is 20.1. The molecule has 2 rings (SSSR count). The third kappa shape index (κ3) is 4.36. The molecule has 0 atom stereocenters. The second-order valence-electron chi connectivity index (χ2n) is 4.70. The third-order valence-electron chi connectivity index (χ3n) is 2.96. The molecule has 0 fully saturated rings. The topological polar surface area (TPSA) is 47.3 Å². The lowest BCUT2D eigenvalue weighted by Crippen LogP contribution is -2.05. The summed E-state index contributed by atoms with van der Waals surface area (Å²) in [6, 6.07) is 10.9. The largest absolute Gasteiger partial charge is 0.490 e. The predicted molar refractivity (Wildman–Crippen MR) is 88.1 cm³/mol. The Morgan fingerprint density at radius 2 is 1.95 bits per heavy atom. The fourth-order valence-corrected chi connectivity index (χ4v) is 2.11. The van der Waals surface area contributed by atoms with E-state index in [1.807, 2.05) is 31.2 Å². The van der Waals surface area contributed by atoms with Crippen molar-refractivity contribution >= 4 is 27.3 Å². The molecular formula is C16H18BrFN2O. The first-order chi connectivity index (χ1) is 10.1. The molecule has 21 heavy (non-hydrogen) atoms. The smallest absolute Gasteiger partial charge is 0.167 e. The Morgan fingerprint density at radius 3 is 2.62 bits per heavy atom. The molecule has 0 aliphatic carbocycles. The van der Waals surface area contributed by atoms with Crippen LogP contribution in [-0.4, -0.2) is 6.61 Å². The number of anilines is 2. The Bertz CT molecular complexity index is 602. The van der Waals surface area contributed by atoms with Crippen molar-refractivity contribution < 1.29 is 9.13 Å². The van der Waals surface area contributed by atoms with Gasteiger partial charge in [-0.15, -0.1) is 0 Å². The molecular weight excluding hydrogens is 335 g/mol. The van der Waals surface area contributed by atoms with Crippen LogP contribution in [0.1, 0.15) is 18.9 Å². The summed E-state index contributed by atoms with van der Waals surface area (Å²) in [5, 5.41) is 3.21. The number of rotatable bonds is 6. The van der Waals surface area contributed by atoms with Crippen LogP contribution in [0.3, 0.4) is 0 Å². The van der Waals surface area contributed by atoms with Crippen molar-refractivity contribution in [1.29, 1.82) is 0 Å². The Hall–Kier alpha value is -1.75. The molecule has 0 aliphatic heterocycles. The molecule has 0 aliphatic rings. The first kappa shape index (κ1) is 15.6. The van der Waals surface area contributed by atoms with E-state index in [0.29, 0.717) is 24.5 Å². The number of halogens is 2. The minimum atomic E-state index is -0.435. The molecule has 3 nitrogen and oxygen atoms in total. The van der Waals surface area contributed by atoms with Gasteiger partial charge in [-0.05, 0) is 24.1 Å². The highest BCUT2D eigenvalue weighted by molar-refractivity contribution is 9.10. The molecule has 0 saturated carbocycles. The fourth-order valence-electron chi connectivity index (χ4n) is 1.84. The Labute approximate surface area is 132 Å². The molecule has 2 aromatic carbocycles. The van der Waals surface area contributed by atoms with Gasteiger partial charge < -0.3 is 15.8 Å². The Balaban J connectivity index is 2.09. The summed E-state index contributed by atoms with van der Waals surface area (Å²) in [5.74, 6) is -0.209. The summed E-state index contributed by atoms with van der Waals surface area (Å²) in [6.45, 7) is 3.06. The van der Waals surface area contributed by atoms with Crippen LogP contribution in [0.5, 0.6) is 5.75 Å². The number of hydrogen-bond acceptors (Lipinski definition) is 3. The minimum absolute atomic E-state index is 0.226. The van der Waals surface area contributed by atoms with E-state index in [9.17, 15) is 4.39 Å². The SMILES string of the molecule is CCCOc1cc(NCc2ccc(Br)cc2)c(N)cc1F. The zero-order chi connectivity index (χ0) is 15.2. The summed E-state index contributed by atoms with van der Waals surface area (Å²) in [6.07, 6.45) is 0.825. The van der Waals surface area contributed by atoms with E-state index >= 15 is 0 Å². The van der Waals surface area contributed by atoms with Crippen molar-refractivity contribution in [2.75, 3.05) is 17.7 Å². The standard InChI is InChI=1S/C16H18BrFN2O/c1-2-7-21-16-9-15(14(19)8-13(16)18)20-10-11-3-5-12(17)6-4-11/h3-6,8-9,20H,2,7,10,19H2,1H3. The second-order valence-corrected chi connectivity index (χ2v) is 5.61. The zero-order valence-corrected chi connectivity index (χ0v) is 13.4. The molecule has 3 N–H and O–H groups in total. The van der Waals surface area contributed by atoms with Crippen LogP contribution in [0.15, 0.2) is 40.9 Å². The number of nitrogen functional groups attached to an aromatic ring is 1. The number of nitrogens with one attached hydrogen (secondary N) is 1. The first-order valence-electron chi connectivity index (χ1n) is 6.80. The van der Waals surface area contributed by atoms with Gasteiger partial charge in [-0.25, -0.2) is 4.39 Å². The lowest BCUT2D eigenvalue weighted by molar-refractivity contribution is 0.301. The van der Waals surface area contributed by atoms with E-state index in [1.165, 1.54) is 6.07 Å². The molecule has 0 amide bonds. The van der Waals surface area contributed by atoms with Crippen LogP contribution in [0, 0.1) is 5.82 Å². The highest BCUT2D eigenvalue weighted by Crippen LogP contribution is 2.28. The van der Waals surface area contributed by atoms with Crippen LogP contribution in [0.25, 0.3) is 0 Å². The van der Waals surface area contributed by atoms with E-state index in [0.717, 1.165) is 16.5 Å².